The Morgan fingerprint density at radius 1 is 1.21 bits per heavy atom. The van der Waals surface area contributed by atoms with Crippen LogP contribution in [0.15, 0.2) is 33.7 Å². The van der Waals surface area contributed by atoms with Crippen molar-refractivity contribution in [3.05, 3.63) is 52.0 Å². The zero-order chi connectivity index (χ0) is 17.3. The summed E-state index contributed by atoms with van der Waals surface area (Å²) in [5.41, 5.74) is 0.211. The molecule has 0 radical (unpaired) electrons. The van der Waals surface area contributed by atoms with E-state index < -0.39 is 17.5 Å². The number of hydrogen-bond donors (Lipinski definition) is 1. The first kappa shape index (κ1) is 15.5. The molecule has 3 rings (SSSR count). The maximum Gasteiger partial charge on any atom is 0.373 e. The highest BCUT2D eigenvalue weighted by Gasteiger charge is 2.22. The Bertz CT molecular complexity index is 935. The van der Waals surface area contributed by atoms with E-state index in [2.05, 4.69) is 14.9 Å². The lowest BCUT2D eigenvalue weighted by Gasteiger charge is -2.10. The van der Waals surface area contributed by atoms with Crippen LogP contribution in [-0.2, 0) is 16.0 Å². The molecule has 1 aromatic rings. The number of pyridine rings is 1. The Morgan fingerprint density at radius 3 is 2.67 bits per heavy atom. The molecule has 0 bridgehead atoms. The molecule has 0 unspecified atom stereocenters. The first-order valence-corrected chi connectivity index (χ1v) is 6.87. The van der Waals surface area contributed by atoms with Crippen molar-refractivity contribution in [1.82, 2.24) is 14.8 Å². The van der Waals surface area contributed by atoms with Crippen LogP contribution in [0.1, 0.15) is 26.7 Å². The van der Waals surface area contributed by atoms with Crippen LogP contribution in [0.3, 0.4) is 0 Å². The molecule has 0 atom stereocenters. The number of aromatic nitrogens is 3. The zero-order valence-electron chi connectivity index (χ0n) is 12.9. The number of carbonyl (C=O) groups excluding carboxylic acids is 2. The van der Waals surface area contributed by atoms with E-state index in [1.54, 1.807) is 10.6 Å². The van der Waals surface area contributed by atoms with Gasteiger partial charge in [0.15, 0.2) is 0 Å². The molecule has 9 nitrogen and oxygen atoms in total. The minimum atomic E-state index is -0.615. The average molecular weight is 331 g/mol. The summed E-state index contributed by atoms with van der Waals surface area (Å²) < 4.78 is 16.2. The van der Waals surface area contributed by atoms with Crippen LogP contribution < -0.4 is 5.56 Å². The average Bonchev–Trinajstić information content (AvgIpc) is 3.20. The predicted molar refractivity (Wildman–Crippen MR) is 80.0 cm³/mol. The van der Waals surface area contributed by atoms with E-state index >= 15 is 0 Å². The maximum atomic E-state index is 11.9. The Labute approximate surface area is 135 Å². The first-order chi connectivity index (χ1) is 11.5. The fourth-order valence-electron chi connectivity index (χ4n) is 2.29. The van der Waals surface area contributed by atoms with Gasteiger partial charge in [-0.3, -0.25) is 4.79 Å². The highest BCUT2D eigenvalue weighted by molar-refractivity contribution is 5.95. The number of rotatable bonds is 4. The van der Waals surface area contributed by atoms with Crippen molar-refractivity contribution < 1.29 is 23.5 Å². The Balaban J connectivity index is 2.00. The van der Waals surface area contributed by atoms with Gasteiger partial charge in [0, 0.05) is 12.4 Å². The fraction of sp³-hybridized carbons (Fsp3) is 0.200. The quantitative estimate of drug-likeness (QED) is 0.706. The van der Waals surface area contributed by atoms with Crippen LogP contribution in [0.25, 0.3) is 11.3 Å². The van der Waals surface area contributed by atoms with Gasteiger partial charge in [0.2, 0.25) is 5.76 Å². The van der Waals surface area contributed by atoms with E-state index in [9.17, 15) is 14.4 Å². The zero-order valence-corrected chi connectivity index (χ0v) is 12.9. The van der Waals surface area contributed by atoms with Crippen LogP contribution in [0.5, 0.6) is 0 Å². The predicted octanol–water partition coefficient (Wildman–Crippen LogP) is 0.891. The molecule has 0 spiro atoms. The van der Waals surface area contributed by atoms with Crippen molar-refractivity contribution >= 4 is 11.9 Å². The summed E-state index contributed by atoms with van der Waals surface area (Å²) in [6, 6.07) is 3.09. The molecule has 2 aliphatic rings. The standard InChI is InChI=1S/C15H13N3O6/c1-22-14(20)10-7-18(6-9-12(10)16-17-13(9)19)5-8-3-4-11(24-8)15(21)23-2/h3-4,6-7H,5H2,1-2H3,(H,17,19). The molecule has 0 aliphatic carbocycles. The molecule has 0 aromatic carbocycles. The summed E-state index contributed by atoms with van der Waals surface area (Å²) in [6.07, 6.45) is 3.03. The number of H-pyrrole nitrogens is 1. The van der Waals surface area contributed by atoms with Gasteiger partial charge in [0.05, 0.1) is 26.3 Å². The third-order valence-electron chi connectivity index (χ3n) is 3.41. The smallest absolute Gasteiger partial charge is 0.373 e. The number of carbonyl (C=O) groups is 2. The van der Waals surface area contributed by atoms with Crippen molar-refractivity contribution in [3.8, 4) is 11.3 Å². The summed E-state index contributed by atoms with van der Waals surface area (Å²) in [6.45, 7) is 0.196. The third-order valence-corrected chi connectivity index (χ3v) is 3.41. The van der Waals surface area contributed by atoms with Crippen molar-refractivity contribution in [2.45, 2.75) is 6.54 Å². The van der Waals surface area contributed by atoms with E-state index in [1.165, 1.54) is 32.7 Å². The normalized spacial score (nSPS) is 10.8. The van der Waals surface area contributed by atoms with E-state index in [0.29, 0.717) is 5.76 Å². The van der Waals surface area contributed by atoms with Gasteiger partial charge in [-0.05, 0) is 12.1 Å². The second kappa shape index (κ2) is 6.03. The summed E-state index contributed by atoms with van der Waals surface area (Å²) in [5.74, 6) is -0.689. The molecule has 2 aliphatic heterocycles. The highest BCUT2D eigenvalue weighted by atomic mass is 16.5. The summed E-state index contributed by atoms with van der Waals surface area (Å²) in [4.78, 5) is 35.1. The van der Waals surface area contributed by atoms with E-state index in [0.717, 1.165) is 0 Å². The molecule has 0 saturated carbocycles. The van der Waals surface area contributed by atoms with Gasteiger partial charge in [0.1, 0.15) is 17.0 Å². The SMILES string of the molecule is COC(=O)c1ccc(Cn2cc(C(=O)OC)c3n[nH]c(=O)c-3c2)o1. The Hall–Kier alpha value is -3.36. The van der Waals surface area contributed by atoms with Gasteiger partial charge < -0.3 is 18.5 Å². The van der Waals surface area contributed by atoms with Crippen molar-refractivity contribution in [2.75, 3.05) is 14.2 Å². The second-order valence-electron chi connectivity index (χ2n) is 4.91. The second-order valence-corrected chi connectivity index (χ2v) is 4.91. The molecule has 3 heterocycles. The number of methoxy groups -OCH3 is 2. The van der Waals surface area contributed by atoms with Crippen LogP contribution in [0.4, 0.5) is 0 Å². The minimum absolute atomic E-state index is 0.0650. The summed E-state index contributed by atoms with van der Waals surface area (Å²) in [5, 5.41) is 6.14. The molecular weight excluding hydrogens is 318 g/mol. The number of nitrogens with zero attached hydrogens (tertiary/aromatic N) is 2. The van der Waals surface area contributed by atoms with Crippen LogP contribution in [0, 0.1) is 0 Å². The Kier molecular flexibility index (Phi) is 3.90. The minimum Gasteiger partial charge on any atom is -0.465 e. The van der Waals surface area contributed by atoms with E-state index in [1.807, 2.05) is 0 Å². The van der Waals surface area contributed by atoms with Crippen molar-refractivity contribution in [1.29, 1.82) is 0 Å². The number of furan rings is 1. The summed E-state index contributed by atoms with van der Waals surface area (Å²) >= 11 is 0. The largest absolute Gasteiger partial charge is 0.465 e. The fourth-order valence-corrected chi connectivity index (χ4v) is 2.29. The molecule has 9 heteroatoms. The lowest BCUT2D eigenvalue weighted by molar-refractivity contribution is 0.0561. The molecule has 1 N–H and O–H groups in total. The van der Waals surface area contributed by atoms with E-state index in [4.69, 9.17) is 9.15 Å². The molecule has 24 heavy (non-hydrogen) atoms. The molecule has 0 amide bonds. The number of ether oxygens (including phenoxy) is 2. The van der Waals surface area contributed by atoms with Gasteiger partial charge in [-0.2, -0.15) is 5.10 Å². The third kappa shape index (κ3) is 2.67. The number of fused-ring (bicyclic) bond motifs is 1. The molecule has 1 aromatic heterocycles. The monoisotopic (exact) mass is 331 g/mol. The van der Waals surface area contributed by atoms with Crippen LogP contribution in [0.2, 0.25) is 0 Å². The number of hydrogen-bond acceptors (Lipinski definition) is 7. The molecule has 124 valence electrons. The number of aromatic amines is 1. The number of esters is 2. The first-order valence-electron chi connectivity index (χ1n) is 6.87. The van der Waals surface area contributed by atoms with Crippen LogP contribution in [-0.4, -0.2) is 40.9 Å². The van der Waals surface area contributed by atoms with E-state index in [-0.39, 0.29) is 29.1 Å². The lowest BCUT2D eigenvalue weighted by atomic mass is 10.1. The molecule has 0 fully saturated rings. The topological polar surface area (TPSA) is 116 Å². The van der Waals surface area contributed by atoms with Crippen molar-refractivity contribution in [2.24, 2.45) is 0 Å². The van der Waals surface area contributed by atoms with Gasteiger partial charge in [-0.15, -0.1) is 0 Å². The maximum absolute atomic E-state index is 11.9. The number of nitrogens with one attached hydrogen (secondary N) is 1. The van der Waals surface area contributed by atoms with Crippen LogP contribution >= 0.6 is 0 Å². The van der Waals surface area contributed by atoms with Gasteiger partial charge >= 0.3 is 11.9 Å². The summed E-state index contributed by atoms with van der Waals surface area (Å²) in [7, 11) is 2.50. The van der Waals surface area contributed by atoms with Gasteiger partial charge in [0.25, 0.3) is 5.56 Å². The van der Waals surface area contributed by atoms with Crippen molar-refractivity contribution in [3.63, 3.8) is 0 Å². The molecular formula is C15H13N3O6. The molecule has 0 saturated heterocycles. The van der Waals surface area contributed by atoms with Gasteiger partial charge in [-0.25, -0.2) is 14.7 Å². The van der Waals surface area contributed by atoms with Gasteiger partial charge in [-0.1, -0.05) is 0 Å². The lowest BCUT2D eigenvalue weighted by Crippen LogP contribution is -2.12. The Morgan fingerprint density at radius 2 is 1.96 bits per heavy atom. The highest BCUT2D eigenvalue weighted by Crippen LogP contribution is 2.21.